The van der Waals surface area contributed by atoms with Gasteiger partial charge in [0.1, 0.15) is 0 Å². The van der Waals surface area contributed by atoms with Gasteiger partial charge in [0.25, 0.3) is 0 Å². The van der Waals surface area contributed by atoms with Crippen LogP contribution in [0.4, 0.5) is 30.7 Å². The van der Waals surface area contributed by atoms with Crippen LogP contribution in [0.5, 0.6) is 0 Å². The van der Waals surface area contributed by atoms with Gasteiger partial charge in [-0.05, 0) is 11.6 Å². The van der Waals surface area contributed by atoms with Gasteiger partial charge in [-0.2, -0.15) is 26.3 Å². The first-order chi connectivity index (χ1) is 5.06. The number of hydrogen-bond acceptors (Lipinski definition) is 0. The zero-order chi connectivity index (χ0) is 10.2. The molecule has 0 aliphatic carbocycles. The van der Waals surface area contributed by atoms with E-state index in [0.29, 0.717) is 0 Å². The summed E-state index contributed by atoms with van der Waals surface area (Å²) in [6.07, 6.45) is 0. The molecule has 0 spiro atoms. The van der Waals surface area contributed by atoms with Gasteiger partial charge in [-0.1, -0.05) is 0 Å². The third-order valence-electron chi connectivity index (χ3n) is 0.983. The minimum absolute atomic E-state index is 2.90. The van der Waals surface area contributed by atoms with Crippen molar-refractivity contribution in [2.45, 2.75) is 17.2 Å². The van der Waals surface area contributed by atoms with E-state index in [1.807, 2.05) is 0 Å². The molecule has 0 saturated heterocycles. The van der Waals surface area contributed by atoms with Crippen LogP contribution in [0.1, 0.15) is 0 Å². The van der Waals surface area contributed by atoms with E-state index in [-0.39, 0.29) is 0 Å². The Labute approximate surface area is 67.3 Å². The van der Waals surface area contributed by atoms with Crippen molar-refractivity contribution in [2.75, 3.05) is 6.67 Å². The van der Waals surface area contributed by atoms with Crippen LogP contribution in [0.25, 0.3) is 0 Å². The molecule has 0 aliphatic rings. The highest BCUT2D eigenvalue weighted by molar-refractivity contribution is 6.22. The molecule has 0 fully saturated rings. The predicted molar refractivity (Wildman–Crippen MR) is 26.7 cm³/mol. The predicted octanol–water partition coefficient (Wildman–Crippen LogP) is 3.06. The Morgan fingerprint density at radius 1 is 0.917 bits per heavy atom. The molecule has 0 saturated carbocycles. The van der Waals surface area contributed by atoms with Crippen molar-refractivity contribution in [1.29, 1.82) is 0 Å². The van der Waals surface area contributed by atoms with E-state index in [9.17, 15) is 30.7 Å². The van der Waals surface area contributed by atoms with Crippen LogP contribution in [-0.4, -0.2) is 23.9 Å². The molecule has 8 heteroatoms. The minimum atomic E-state index is -5.89. The quantitative estimate of drug-likeness (QED) is 0.504. The fourth-order valence-corrected chi connectivity index (χ4v) is 0.430. The van der Waals surface area contributed by atoms with Crippen LogP contribution in [0.3, 0.4) is 0 Å². The topological polar surface area (TPSA) is 0 Å². The Morgan fingerprint density at radius 3 is 1.33 bits per heavy atom. The number of halogens is 8. The first-order valence-corrected chi connectivity index (χ1v) is 2.82. The van der Waals surface area contributed by atoms with E-state index in [1.165, 1.54) is 0 Å². The van der Waals surface area contributed by atoms with Crippen LogP contribution in [-0.2, 0) is 0 Å². The summed E-state index contributed by atoms with van der Waals surface area (Å²) in [7, 11) is 0. The average Bonchev–Trinajstić information content (AvgIpc) is 1.85. The van der Waals surface area contributed by atoms with E-state index < -0.39 is 23.9 Å². The zero-order valence-electron chi connectivity index (χ0n) is 5.23. The first kappa shape index (κ1) is 11.8. The van der Waals surface area contributed by atoms with Crippen molar-refractivity contribution in [3.05, 3.63) is 0 Å². The molecule has 0 aromatic heterocycles. The molecular weight excluding hydrogens is 216 g/mol. The van der Waals surface area contributed by atoms with Crippen molar-refractivity contribution >= 4 is 11.6 Å². The van der Waals surface area contributed by atoms with Crippen molar-refractivity contribution in [1.82, 2.24) is 0 Å². The Balaban J connectivity index is 4.85. The minimum Gasteiger partial charge on any atom is -0.244 e. The van der Waals surface area contributed by atoms with Crippen molar-refractivity contribution in [2.24, 2.45) is 0 Å². The lowest BCUT2D eigenvalue weighted by atomic mass is 10.2. The van der Waals surface area contributed by atoms with Crippen LogP contribution in [0.2, 0.25) is 0 Å². The molecule has 74 valence electrons. The van der Waals surface area contributed by atoms with E-state index in [0.717, 1.165) is 0 Å². The Bertz CT molecular complexity index is 159. The lowest BCUT2D eigenvalue weighted by Crippen LogP contribution is -2.52. The molecule has 0 heterocycles. The van der Waals surface area contributed by atoms with E-state index in [4.69, 9.17) is 0 Å². The molecule has 0 aromatic rings. The molecule has 0 nitrogen and oxygen atoms in total. The van der Waals surface area contributed by atoms with Gasteiger partial charge in [0.15, 0.2) is 6.67 Å². The summed E-state index contributed by atoms with van der Waals surface area (Å²) in [5.74, 6) is -11.4. The molecule has 0 radical (unpaired) electrons. The second-order valence-electron chi connectivity index (χ2n) is 1.91. The Kier molecular flexibility index (Phi) is 2.89. The lowest BCUT2D eigenvalue weighted by Gasteiger charge is -2.26. The maximum Gasteiger partial charge on any atom is 0.390 e. The van der Waals surface area contributed by atoms with E-state index >= 15 is 0 Å². The zero-order valence-corrected chi connectivity index (χ0v) is 5.99. The van der Waals surface area contributed by atoms with Crippen LogP contribution < -0.4 is 0 Å². The SMILES string of the molecule is FCC(F)(F)C(F)(F)C(F)(F)Cl. The Morgan fingerprint density at radius 2 is 1.25 bits per heavy atom. The summed E-state index contributed by atoms with van der Waals surface area (Å²) >= 11 is 3.66. The van der Waals surface area contributed by atoms with Crippen LogP contribution >= 0.6 is 11.6 Å². The summed E-state index contributed by atoms with van der Waals surface area (Å²) in [5.41, 5.74) is 0. The molecule has 0 rings (SSSR count). The van der Waals surface area contributed by atoms with Crippen LogP contribution in [0, 0.1) is 0 Å². The second-order valence-corrected chi connectivity index (χ2v) is 2.38. The third kappa shape index (κ3) is 1.75. The van der Waals surface area contributed by atoms with Gasteiger partial charge in [-0.15, -0.1) is 0 Å². The number of rotatable bonds is 3. The standard InChI is InChI=1S/C4H2ClF7/c5-4(11,12)3(9,10)2(7,8)1-6/h1H2. The van der Waals surface area contributed by atoms with Gasteiger partial charge in [-0.25, -0.2) is 4.39 Å². The number of hydrogen-bond donors (Lipinski definition) is 0. The largest absolute Gasteiger partial charge is 0.390 e. The van der Waals surface area contributed by atoms with Gasteiger partial charge in [-0.3, -0.25) is 0 Å². The summed E-state index contributed by atoms with van der Waals surface area (Å²) in [6.45, 7) is -2.90. The summed E-state index contributed by atoms with van der Waals surface area (Å²) in [4.78, 5) is 0. The molecule has 12 heavy (non-hydrogen) atoms. The monoisotopic (exact) mass is 218 g/mol. The van der Waals surface area contributed by atoms with Gasteiger partial charge >= 0.3 is 17.2 Å². The first-order valence-electron chi connectivity index (χ1n) is 2.44. The molecule has 0 atom stereocenters. The van der Waals surface area contributed by atoms with Gasteiger partial charge in [0.2, 0.25) is 0 Å². The van der Waals surface area contributed by atoms with Crippen LogP contribution in [0.15, 0.2) is 0 Å². The maximum atomic E-state index is 11.8. The third-order valence-corrected chi connectivity index (χ3v) is 1.22. The maximum absolute atomic E-state index is 11.8. The van der Waals surface area contributed by atoms with Crippen molar-refractivity contribution < 1.29 is 30.7 Å². The number of alkyl halides is 8. The highest BCUT2D eigenvalue weighted by Gasteiger charge is 2.71. The summed E-state index contributed by atoms with van der Waals surface area (Å²) in [6, 6.07) is 0. The Hall–Kier alpha value is -0.200. The van der Waals surface area contributed by atoms with Gasteiger partial charge < -0.3 is 0 Å². The average molecular weight is 218 g/mol. The highest BCUT2D eigenvalue weighted by atomic mass is 35.5. The molecule has 0 amide bonds. The fraction of sp³-hybridized carbons (Fsp3) is 1.00. The highest BCUT2D eigenvalue weighted by Crippen LogP contribution is 2.47. The molecule has 0 bridgehead atoms. The normalized spacial score (nSPS) is 15.0. The van der Waals surface area contributed by atoms with Gasteiger partial charge in [0, 0.05) is 0 Å². The van der Waals surface area contributed by atoms with E-state index in [1.54, 1.807) is 0 Å². The molecule has 0 unspecified atom stereocenters. The fourth-order valence-electron chi connectivity index (χ4n) is 0.291. The van der Waals surface area contributed by atoms with Crippen molar-refractivity contribution in [3.8, 4) is 0 Å². The second kappa shape index (κ2) is 2.93. The van der Waals surface area contributed by atoms with Crippen molar-refractivity contribution in [3.63, 3.8) is 0 Å². The van der Waals surface area contributed by atoms with Gasteiger partial charge in [0.05, 0.1) is 0 Å². The smallest absolute Gasteiger partial charge is 0.244 e. The van der Waals surface area contributed by atoms with E-state index in [2.05, 4.69) is 11.6 Å². The summed E-state index contributed by atoms with van der Waals surface area (Å²) in [5, 5.41) is -5.47. The molecule has 0 aromatic carbocycles. The molecular formula is C4H2ClF7. The molecule has 0 N–H and O–H groups in total. The lowest BCUT2D eigenvalue weighted by molar-refractivity contribution is -0.283. The molecule has 0 aliphatic heterocycles. The summed E-state index contributed by atoms with van der Waals surface area (Å²) < 4.78 is 81.4.